The van der Waals surface area contributed by atoms with Crippen LogP contribution in [-0.2, 0) is 15.3 Å². The van der Waals surface area contributed by atoms with Gasteiger partial charge in [0.1, 0.15) is 0 Å². The van der Waals surface area contributed by atoms with Gasteiger partial charge in [-0.25, -0.2) is 8.42 Å². The number of sulfone groups is 1. The number of anilines is 1. The number of aryl methyl sites for hydroxylation is 1. The quantitative estimate of drug-likeness (QED) is 0.747. The number of carbonyl (C=O) groups is 1. The average molecular weight is 440 g/mol. The van der Waals surface area contributed by atoms with Gasteiger partial charge < -0.3 is 10.4 Å². The molecule has 31 heavy (non-hydrogen) atoms. The number of amides is 1. The van der Waals surface area contributed by atoms with Gasteiger partial charge in [-0.05, 0) is 98.1 Å². The molecule has 0 spiro atoms. The first-order valence-electron chi connectivity index (χ1n) is 11.0. The van der Waals surface area contributed by atoms with Gasteiger partial charge in [0.25, 0.3) is 5.91 Å². The van der Waals surface area contributed by atoms with Crippen LogP contribution in [-0.4, -0.2) is 31.3 Å². The van der Waals surface area contributed by atoms with Crippen LogP contribution in [0.5, 0.6) is 0 Å². The Bertz CT molecular complexity index is 1140. The predicted molar refractivity (Wildman–Crippen MR) is 120 cm³/mol. The standard InChI is InChI=1S/C25H29NO4S/c1-16-3-8-21(31(2,29)30)10-22(16)23(27)26-20-6-4-19(5-7-20)24-11-17-9-18(12-24)14-25(28,13-17)15-24/h3-8,10,17-18,28H,9,11-15H2,1-2H3,(H,26,27). The first kappa shape index (κ1) is 20.7. The Labute approximate surface area is 183 Å². The summed E-state index contributed by atoms with van der Waals surface area (Å²) in [7, 11) is -3.38. The molecule has 0 heterocycles. The van der Waals surface area contributed by atoms with E-state index in [4.69, 9.17) is 0 Å². The summed E-state index contributed by atoms with van der Waals surface area (Å²) < 4.78 is 23.7. The minimum atomic E-state index is -3.38. The summed E-state index contributed by atoms with van der Waals surface area (Å²) in [6.45, 7) is 1.79. The van der Waals surface area contributed by atoms with Crippen molar-refractivity contribution in [3.8, 4) is 0 Å². The Kier molecular flexibility index (Phi) is 4.61. The van der Waals surface area contributed by atoms with Gasteiger partial charge in [-0.1, -0.05) is 18.2 Å². The average Bonchev–Trinajstić information content (AvgIpc) is 2.66. The summed E-state index contributed by atoms with van der Waals surface area (Å²) >= 11 is 0. The first-order valence-corrected chi connectivity index (χ1v) is 12.9. The molecule has 6 heteroatoms. The molecule has 0 aromatic heterocycles. The normalized spacial score (nSPS) is 31.6. The number of aliphatic hydroxyl groups is 1. The van der Waals surface area contributed by atoms with Crippen molar-refractivity contribution in [3.05, 3.63) is 59.2 Å². The monoisotopic (exact) mass is 439 g/mol. The highest BCUT2D eigenvalue weighted by Gasteiger charge is 2.57. The van der Waals surface area contributed by atoms with Crippen molar-refractivity contribution in [2.75, 3.05) is 11.6 Å². The molecule has 6 rings (SSSR count). The van der Waals surface area contributed by atoms with Gasteiger partial charge in [0, 0.05) is 17.5 Å². The summed E-state index contributed by atoms with van der Waals surface area (Å²) in [5, 5.41) is 13.9. The van der Waals surface area contributed by atoms with Crippen LogP contribution in [0.15, 0.2) is 47.4 Å². The number of nitrogens with one attached hydrogen (secondary N) is 1. The fourth-order valence-electron chi connectivity index (χ4n) is 6.73. The third-order valence-electron chi connectivity index (χ3n) is 7.67. The first-order chi connectivity index (χ1) is 14.6. The Morgan fingerprint density at radius 2 is 1.68 bits per heavy atom. The Hall–Kier alpha value is -2.18. The van der Waals surface area contributed by atoms with E-state index in [-0.39, 0.29) is 16.2 Å². The molecule has 2 aromatic carbocycles. The lowest BCUT2D eigenvalue weighted by atomic mass is 9.46. The molecule has 2 N–H and O–H groups in total. The molecule has 0 aliphatic heterocycles. The zero-order chi connectivity index (χ0) is 22.0. The van der Waals surface area contributed by atoms with Gasteiger partial charge in [0.05, 0.1) is 10.5 Å². The molecule has 0 radical (unpaired) electrons. The lowest BCUT2D eigenvalue weighted by molar-refractivity contribution is -0.136. The Morgan fingerprint density at radius 1 is 1.03 bits per heavy atom. The van der Waals surface area contributed by atoms with E-state index in [0.717, 1.165) is 43.9 Å². The molecule has 2 aromatic rings. The van der Waals surface area contributed by atoms with Gasteiger partial charge in [-0.15, -0.1) is 0 Å². The van der Waals surface area contributed by atoms with Gasteiger partial charge in [-0.2, -0.15) is 0 Å². The number of hydrogen-bond acceptors (Lipinski definition) is 4. The third-order valence-corrected chi connectivity index (χ3v) is 8.78. The van der Waals surface area contributed by atoms with Crippen molar-refractivity contribution < 1.29 is 18.3 Å². The van der Waals surface area contributed by atoms with Crippen molar-refractivity contribution in [3.63, 3.8) is 0 Å². The zero-order valence-corrected chi connectivity index (χ0v) is 18.8. The highest BCUT2D eigenvalue weighted by atomic mass is 32.2. The summed E-state index contributed by atoms with van der Waals surface area (Å²) in [6.07, 6.45) is 7.43. The lowest BCUT2D eigenvalue weighted by Crippen LogP contribution is -2.57. The smallest absolute Gasteiger partial charge is 0.255 e. The molecule has 2 atom stereocenters. The van der Waals surface area contributed by atoms with E-state index in [1.54, 1.807) is 13.0 Å². The summed E-state index contributed by atoms with van der Waals surface area (Å²) in [4.78, 5) is 13.0. The maximum absolute atomic E-state index is 12.8. The van der Waals surface area contributed by atoms with Crippen molar-refractivity contribution in [1.29, 1.82) is 0 Å². The van der Waals surface area contributed by atoms with E-state index in [1.165, 1.54) is 24.1 Å². The second-order valence-electron chi connectivity index (χ2n) is 10.2. The molecule has 164 valence electrons. The fourth-order valence-corrected chi connectivity index (χ4v) is 7.38. The van der Waals surface area contributed by atoms with Crippen LogP contribution in [0.2, 0.25) is 0 Å². The van der Waals surface area contributed by atoms with Crippen LogP contribution in [0.4, 0.5) is 5.69 Å². The SMILES string of the molecule is Cc1ccc(S(C)(=O)=O)cc1C(=O)Nc1ccc(C23CC4CC(CC(O)(C4)C2)C3)cc1. The van der Waals surface area contributed by atoms with Crippen LogP contribution in [0.25, 0.3) is 0 Å². The van der Waals surface area contributed by atoms with E-state index in [2.05, 4.69) is 17.4 Å². The van der Waals surface area contributed by atoms with Crippen LogP contribution in [0.1, 0.15) is 60.0 Å². The maximum Gasteiger partial charge on any atom is 0.255 e. The second kappa shape index (κ2) is 6.91. The maximum atomic E-state index is 12.8. The zero-order valence-electron chi connectivity index (χ0n) is 18.0. The minimum absolute atomic E-state index is 0.0573. The molecule has 1 amide bonds. The van der Waals surface area contributed by atoms with Gasteiger partial charge in [0.15, 0.2) is 9.84 Å². The van der Waals surface area contributed by atoms with Crippen LogP contribution in [0.3, 0.4) is 0 Å². The number of benzene rings is 2. The Balaban J connectivity index is 1.37. The molecule has 4 fully saturated rings. The van der Waals surface area contributed by atoms with Crippen LogP contribution in [0, 0.1) is 18.8 Å². The minimum Gasteiger partial charge on any atom is -0.390 e. The van der Waals surface area contributed by atoms with E-state index in [1.807, 2.05) is 12.1 Å². The van der Waals surface area contributed by atoms with Crippen molar-refractivity contribution >= 4 is 21.4 Å². The van der Waals surface area contributed by atoms with E-state index in [9.17, 15) is 18.3 Å². The molecule has 4 saturated carbocycles. The highest BCUT2D eigenvalue weighted by molar-refractivity contribution is 7.90. The number of hydrogen-bond donors (Lipinski definition) is 2. The molecule has 4 bridgehead atoms. The van der Waals surface area contributed by atoms with Crippen molar-refractivity contribution in [2.45, 2.75) is 61.4 Å². The fraction of sp³-hybridized carbons (Fsp3) is 0.480. The molecular formula is C25H29NO4S. The van der Waals surface area contributed by atoms with Crippen molar-refractivity contribution in [2.24, 2.45) is 11.8 Å². The van der Waals surface area contributed by atoms with Crippen LogP contribution < -0.4 is 5.32 Å². The number of rotatable bonds is 4. The van der Waals surface area contributed by atoms with E-state index < -0.39 is 15.4 Å². The van der Waals surface area contributed by atoms with Crippen LogP contribution >= 0.6 is 0 Å². The molecule has 5 nitrogen and oxygen atoms in total. The van der Waals surface area contributed by atoms with E-state index >= 15 is 0 Å². The molecular weight excluding hydrogens is 410 g/mol. The number of carbonyl (C=O) groups excluding carboxylic acids is 1. The van der Waals surface area contributed by atoms with Crippen molar-refractivity contribution in [1.82, 2.24) is 0 Å². The third kappa shape index (κ3) is 3.70. The lowest BCUT2D eigenvalue weighted by Gasteiger charge is -2.60. The second-order valence-corrected chi connectivity index (χ2v) is 12.3. The highest BCUT2D eigenvalue weighted by Crippen LogP contribution is 2.62. The Morgan fingerprint density at radius 3 is 2.26 bits per heavy atom. The summed E-state index contributed by atoms with van der Waals surface area (Å²) in [5.41, 5.74) is 2.58. The topological polar surface area (TPSA) is 83.5 Å². The molecule has 4 aliphatic rings. The summed E-state index contributed by atoms with van der Waals surface area (Å²) in [5.74, 6) is 0.923. The van der Waals surface area contributed by atoms with E-state index in [0.29, 0.717) is 23.1 Å². The largest absolute Gasteiger partial charge is 0.390 e. The van der Waals surface area contributed by atoms with Gasteiger partial charge in [-0.3, -0.25) is 4.79 Å². The summed E-state index contributed by atoms with van der Waals surface area (Å²) in [6, 6.07) is 12.6. The molecule has 0 saturated heterocycles. The molecule has 2 unspecified atom stereocenters. The van der Waals surface area contributed by atoms with Gasteiger partial charge in [0.2, 0.25) is 0 Å². The molecule has 4 aliphatic carbocycles. The van der Waals surface area contributed by atoms with Gasteiger partial charge >= 0.3 is 0 Å². The predicted octanol–water partition coefficient (Wildman–Crippen LogP) is 4.23.